The number of carbonyl (C=O) groups excluding carboxylic acids is 1. The van der Waals surface area contributed by atoms with Gasteiger partial charge in [-0.25, -0.2) is 9.59 Å². The maximum absolute atomic E-state index is 11.9. The van der Waals surface area contributed by atoms with E-state index < -0.39 is 12.1 Å². The zero-order valence-corrected chi connectivity index (χ0v) is 13.9. The molecule has 0 aliphatic carbocycles. The fraction of sp³-hybridized carbons (Fsp3) is 0.444. The quantitative estimate of drug-likeness (QED) is 0.716. The Hall–Kier alpha value is -2.30. The standard InChI is InChI=1S/C18H25NO4/c1-4-15(17(20)21)11-16(10-13(2)3)19-18(22)23-12-14-8-6-5-7-9-14/h5-9,11,13,16H,4,10,12H2,1-3H3,(H,19,22)(H,20,21)/b15-11+. The number of amides is 1. The number of hydrogen-bond acceptors (Lipinski definition) is 3. The van der Waals surface area contributed by atoms with Crippen molar-refractivity contribution in [2.45, 2.75) is 46.3 Å². The molecule has 1 aromatic rings. The van der Waals surface area contributed by atoms with Crippen LogP contribution in [0.2, 0.25) is 0 Å². The molecule has 1 aromatic carbocycles. The average Bonchev–Trinajstić information content (AvgIpc) is 2.50. The molecule has 5 heteroatoms. The van der Waals surface area contributed by atoms with Crippen molar-refractivity contribution in [3.8, 4) is 0 Å². The topological polar surface area (TPSA) is 75.6 Å². The van der Waals surface area contributed by atoms with Gasteiger partial charge < -0.3 is 15.2 Å². The van der Waals surface area contributed by atoms with Gasteiger partial charge in [-0.05, 0) is 24.3 Å². The minimum atomic E-state index is -0.958. The lowest BCUT2D eigenvalue weighted by Gasteiger charge is -2.18. The van der Waals surface area contributed by atoms with Crippen LogP contribution in [0.5, 0.6) is 0 Å². The van der Waals surface area contributed by atoms with Crippen LogP contribution >= 0.6 is 0 Å². The van der Waals surface area contributed by atoms with Crippen molar-refractivity contribution in [3.05, 3.63) is 47.5 Å². The predicted molar refractivity (Wildman–Crippen MR) is 89.0 cm³/mol. The Balaban J connectivity index is 2.65. The van der Waals surface area contributed by atoms with Crippen LogP contribution in [-0.4, -0.2) is 23.2 Å². The molecule has 1 amide bonds. The van der Waals surface area contributed by atoms with Crippen molar-refractivity contribution in [1.29, 1.82) is 0 Å². The molecular weight excluding hydrogens is 294 g/mol. The third-order valence-electron chi connectivity index (χ3n) is 3.30. The Kier molecular flexibility index (Phi) is 7.88. The molecule has 5 nitrogen and oxygen atoms in total. The van der Waals surface area contributed by atoms with Crippen molar-refractivity contribution < 1.29 is 19.4 Å². The molecule has 0 spiro atoms. The molecule has 1 unspecified atom stereocenters. The first kappa shape index (κ1) is 18.7. The van der Waals surface area contributed by atoms with Crippen LogP contribution in [0.25, 0.3) is 0 Å². The van der Waals surface area contributed by atoms with Gasteiger partial charge >= 0.3 is 12.1 Å². The Morgan fingerprint density at radius 2 is 1.91 bits per heavy atom. The summed E-state index contributed by atoms with van der Waals surface area (Å²) in [7, 11) is 0. The van der Waals surface area contributed by atoms with E-state index >= 15 is 0 Å². The molecule has 23 heavy (non-hydrogen) atoms. The highest BCUT2D eigenvalue weighted by molar-refractivity contribution is 5.86. The summed E-state index contributed by atoms with van der Waals surface area (Å²) in [5.74, 6) is -0.640. The van der Waals surface area contributed by atoms with Crippen molar-refractivity contribution in [2.75, 3.05) is 0 Å². The predicted octanol–water partition coefficient (Wildman–Crippen LogP) is 3.75. The molecule has 0 saturated carbocycles. The summed E-state index contributed by atoms with van der Waals surface area (Å²) in [6.45, 7) is 6.00. The number of nitrogens with one attached hydrogen (secondary N) is 1. The molecule has 2 N–H and O–H groups in total. The second-order valence-electron chi connectivity index (χ2n) is 5.79. The fourth-order valence-electron chi connectivity index (χ4n) is 2.18. The smallest absolute Gasteiger partial charge is 0.407 e. The second-order valence-corrected chi connectivity index (χ2v) is 5.79. The summed E-state index contributed by atoms with van der Waals surface area (Å²) >= 11 is 0. The third-order valence-corrected chi connectivity index (χ3v) is 3.30. The zero-order valence-electron chi connectivity index (χ0n) is 13.9. The first-order valence-corrected chi connectivity index (χ1v) is 7.83. The number of benzene rings is 1. The van der Waals surface area contributed by atoms with Crippen LogP contribution in [0, 0.1) is 5.92 Å². The van der Waals surface area contributed by atoms with E-state index in [9.17, 15) is 9.59 Å². The summed E-state index contributed by atoms with van der Waals surface area (Å²) in [5.41, 5.74) is 1.19. The minimum absolute atomic E-state index is 0.185. The van der Waals surface area contributed by atoms with Gasteiger partial charge in [0.2, 0.25) is 0 Å². The van der Waals surface area contributed by atoms with Gasteiger partial charge in [-0.2, -0.15) is 0 Å². The molecule has 0 heterocycles. The van der Waals surface area contributed by atoms with E-state index in [-0.39, 0.29) is 12.6 Å². The monoisotopic (exact) mass is 319 g/mol. The first-order chi connectivity index (χ1) is 10.9. The van der Waals surface area contributed by atoms with Crippen LogP contribution in [0.15, 0.2) is 42.0 Å². The van der Waals surface area contributed by atoms with E-state index in [0.29, 0.717) is 24.3 Å². The molecule has 1 rings (SSSR count). The fourth-order valence-corrected chi connectivity index (χ4v) is 2.18. The molecule has 0 saturated heterocycles. The van der Waals surface area contributed by atoms with E-state index in [1.54, 1.807) is 13.0 Å². The molecule has 0 aliphatic rings. The van der Waals surface area contributed by atoms with Crippen LogP contribution in [0.3, 0.4) is 0 Å². The number of ether oxygens (including phenoxy) is 1. The summed E-state index contributed by atoms with van der Waals surface area (Å²) in [5, 5.41) is 11.9. The van der Waals surface area contributed by atoms with Gasteiger partial charge in [0.15, 0.2) is 0 Å². The summed E-state index contributed by atoms with van der Waals surface area (Å²) in [4.78, 5) is 23.1. The number of carbonyl (C=O) groups is 2. The van der Waals surface area contributed by atoms with E-state index in [4.69, 9.17) is 9.84 Å². The van der Waals surface area contributed by atoms with E-state index in [1.165, 1.54) is 0 Å². The van der Waals surface area contributed by atoms with Crippen LogP contribution in [0.1, 0.15) is 39.2 Å². The van der Waals surface area contributed by atoms with Crippen LogP contribution in [0.4, 0.5) is 4.79 Å². The number of rotatable bonds is 8. The number of carboxylic acids is 1. The maximum atomic E-state index is 11.9. The first-order valence-electron chi connectivity index (χ1n) is 7.83. The molecular formula is C18H25NO4. The number of hydrogen-bond donors (Lipinski definition) is 2. The Bertz CT molecular complexity index is 537. The van der Waals surface area contributed by atoms with Crippen molar-refractivity contribution in [2.24, 2.45) is 5.92 Å². The lowest BCUT2D eigenvalue weighted by molar-refractivity contribution is -0.132. The lowest BCUT2D eigenvalue weighted by atomic mass is 10.0. The van der Waals surface area contributed by atoms with Gasteiger partial charge in [0.1, 0.15) is 6.61 Å². The minimum Gasteiger partial charge on any atom is -0.478 e. The van der Waals surface area contributed by atoms with Gasteiger partial charge in [0.05, 0.1) is 6.04 Å². The van der Waals surface area contributed by atoms with Gasteiger partial charge in [-0.1, -0.05) is 57.2 Å². The summed E-state index contributed by atoms with van der Waals surface area (Å²) < 4.78 is 5.19. The largest absolute Gasteiger partial charge is 0.478 e. The van der Waals surface area contributed by atoms with E-state index in [0.717, 1.165) is 5.56 Å². The lowest BCUT2D eigenvalue weighted by Crippen LogP contribution is -2.35. The van der Waals surface area contributed by atoms with Crippen molar-refractivity contribution in [1.82, 2.24) is 5.32 Å². The third kappa shape index (κ3) is 7.49. The molecule has 0 fully saturated rings. The van der Waals surface area contributed by atoms with Crippen molar-refractivity contribution in [3.63, 3.8) is 0 Å². The van der Waals surface area contributed by atoms with Gasteiger partial charge in [-0.15, -0.1) is 0 Å². The van der Waals surface area contributed by atoms with E-state index in [2.05, 4.69) is 5.32 Å². The number of carboxylic acid groups (broad SMARTS) is 1. The van der Waals surface area contributed by atoms with Crippen LogP contribution in [-0.2, 0) is 16.1 Å². The Labute approximate surface area is 137 Å². The van der Waals surface area contributed by atoms with E-state index in [1.807, 2.05) is 44.2 Å². The number of alkyl carbamates (subject to hydrolysis) is 1. The maximum Gasteiger partial charge on any atom is 0.407 e. The highest BCUT2D eigenvalue weighted by Crippen LogP contribution is 2.11. The molecule has 1 atom stereocenters. The summed E-state index contributed by atoms with van der Waals surface area (Å²) in [6, 6.07) is 9.04. The molecule has 0 radical (unpaired) electrons. The second kappa shape index (κ2) is 9.66. The van der Waals surface area contributed by atoms with Crippen molar-refractivity contribution >= 4 is 12.1 Å². The highest BCUT2D eigenvalue weighted by atomic mass is 16.5. The van der Waals surface area contributed by atoms with Gasteiger partial charge in [0.25, 0.3) is 0 Å². The summed E-state index contributed by atoms with van der Waals surface area (Å²) in [6.07, 6.45) is 2.12. The average molecular weight is 319 g/mol. The molecule has 126 valence electrons. The highest BCUT2D eigenvalue weighted by Gasteiger charge is 2.15. The normalized spacial score (nSPS) is 12.8. The Morgan fingerprint density at radius 3 is 2.43 bits per heavy atom. The molecule has 0 bridgehead atoms. The SMILES string of the molecule is CC/C(=C\C(CC(C)C)NC(=O)OCc1ccccc1)C(=O)O. The molecule has 0 aromatic heterocycles. The van der Waals surface area contributed by atoms with Crippen LogP contribution < -0.4 is 5.32 Å². The van der Waals surface area contributed by atoms with Gasteiger partial charge in [-0.3, -0.25) is 0 Å². The zero-order chi connectivity index (χ0) is 17.2. The molecule has 0 aliphatic heterocycles. The van der Waals surface area contributed by atoms with Gasteiger partial charge in [0, 0.05) is 5.57 Å². The Morgan fingerprint density at radius 1 is 1.26 bits per heavy atom. The number of aliphatic carboxylic acids is 1.